The van der Waals surface area contributed by atoms with Crippen LogP contribution < -0.4 is 15.2 Å². The summed E-state index contributed by atoms with van der Waals surface area (Å²) in [6.07, 6.45) is 0. The van der Waals surface area contributed by atoms with Gasteiger partial charge < -0.3 is 15.2 Å². The first kappa shape index (κ1) is 15.6. The summed E-state index contributed by atoms with van der Waals surface area (Å²) in [5, 5.41) is 0.602. The van der Waals surface area contributed by atoms with Gasteiger partial charge in [0.25, 0.3) is 0 Å². The van der Waals surface area contributed by atoms with Crippen LogP contribution in [0, 0.1) is 6.92 Å². The first-order valence-corrected chi connectivity index (χ1v) is 7.26. The molecule has 0 unspecified atom stereocenters. The molecule has 0 aliphatic heterocycles. The van der Waals surface area contributed by atoms with Crippen molar-refractivity contribution in [1.82, 2.24) is 0 Å². The van der Waals surface area contributed by atoms with Crippen LogP contribution in [0.25, 0.3) is 0 Å². The summed E-state index contributed by atoms with van der Waals surface area (Å²) in [7, 11) is 0. The van der Waals surface area contributed by atoms with Gasteiger partial charge in [0.1, 0.15) is 29.7 Å². The molecule has 2 rings (SSSR count). The number of hydrogen-bond acceptors (Lipinski definition) is 3. The second-order valence-corrected chi connectivity index (χ2v) is 5.37. The fraction of sp³-hybridized carbons (Fsp3) is 0.188. The van der Waals surface area contributed by atoms with Crippen molar-refractivity contribution in [3.05, 3.63) is 58.6 Å². The number of nitrogens with two attached hydrogens (primary N) is 1. The predicted molar refractivity (Wildman–Crippen MR) is 89.5 cm³/mol. The molecule has 2 aromatic carbocycles. The maximum Gasteiger partial charge on any atom is 0.138 e. The van der Waals surface area contributed by atoms with Crippen LogP contribution in [-0.2, 0) is 0 Å². The first-order chi connectivity index (χ1) is 10.1. The van der Waals surface area contributed by atoms with Gasteiger partial charge in [-0.3, -0.25) is 0 Å². The van der Waals surface area contributed by atoms with Crippen LogP contribution in [0.1, 0.15) is 11.1 Å². The van der Waals surface area contributed by atoms with Crippen LogP contribution in [0.3, 0.4) is 0 Å². The van der Waals surface area contributed by atoms with Gasteiger partial charge >= 0.3 is 0 Å². The van der Waals surface area contributed by atoms with Gasteiger partial charge in [0.2, 0.25) is 0 Å². The molecule has 0 heterocycles. The summed E-state index contributed by atoms with van der Waals surface area (Å²) in [5.41, 5.74) is 7.46. The molecule has 3 nitrogen and oxygen atoms in total. The topological polar surface area (TPSA) is 44.5 Å². The van der Waals surface area contributed by atoms with Gasteiger partial charge in [-0.15, -0.1) is 0 Å². The summed E-state index contributed by atoms with van der Waals surface area (Å²) < 4.78 is 11.2. The molecule has 2 aromatic rings. The van der Waals surface area contributed by atoms with E-state index >= 15 is 0 Å². The maximum atomic E-state index is 6.09. The van der Waals surface area contributed by atoms with Gasteiger partial charge in [0, 0.05) is 5.56 Å². The molecule has 5 heteroatoms. The van der Waals surface area contributed by atoms with E-state index in [0.29, 0.717) is 34.7 Å². The molecule has 2 N–H and O–H groups in total. The van der Waals surface area contributed by atoms with Crippen molar-refractivity contribution in [2.45, 2.75) is 6.92 Å². The van der Waals surface area contributed by atoms with E-state index in [2.05, 4.69) is 0 Å². The van der Waals surface area contributed by atoms with Crippen molar-refractivity contribution in [1.29, 1.82) is 0 Å². The highest BCUT2D eigenvalue weighted by Gasteiger charge is 2.02. The van der Waals surface area contributed by atoms with Crippen LogP contribution in [0.4, 0.5) is 0 Å². The second-order valence-electron chi connectivity index (χ2n) is 4.52. The zero-order chi connectivity index (χ0) is 15.2. The van der Waals surface area contributed by atoms with Gasteiger partial charge in [-0.2, -0.15) is 0 Å². The van der Waals surface area contributed by atoms with Gasteiger partial charge in [0.15, 0.2) is 0 Å². The third-order valence-electron chi connectivity index (χ3n) is 2.82. The lowest BCUT2D eigenvalue weighted by molar-refractivity contribution is 0.217. The molecule has 0 aliphatic carbocycles. The summed E-state index contributed by atoms with van der Waals surface area (Å²) in [6.45, 7) is 2.79. The number of hydrogen-bond donors (Lipinski definition) is 1. The van der Waals surface area contributed by atoms with Crippen LogP contribution in [0.15, 0.2) is 42.5 Å². The molecule has 0 fully saturated rings. The summed E-state index contributed by atoms with van der Waals surface area (Å²) in [4.78, 5) is 0.350. The standard InChI is InChI=1S/C16H16ClNO2S/c1-11-5-6-15(14(17)9-11)20-8-7-19-13-4-2-3-12(10-13)16(18)21/h2-6,9-10H,7-8H2,1H3,(H2,18,21). The molecule has 0 radical (unpaired) electrons. The van der Waals surface area contributed by atoms with Gasteiger partial charge in [0.05, 0.1) is 5.02 Å². The summed E-state index contributed by atoms with van der Waals surface area (Å²) >= 11 is 11.0. The average Bonchev–Trinajstić information content (AvgIpc) is 2.45. The maximum absolute atomic E-state index is 6.09. The van der Waals surface area contributed by atoms with Crippen LogP contribution in [0.2, 0.25) is 5.02 Å². The lowest BCUT2D eigenvalue weighted by Crippen LogP contribution is -2.11. The second kappa shape index (κ2) is 7.29. The average molecular weight is 322 g/mol. The normalized spacial score (nSPS) is 10.2. The fourth-order valence-electron chi connectivity index (χ4n) is 1.77. The number of halogens is 1. The van der Waals surface area contributed by atoms with E-state index in [0.717, 1.165) is 11.1 Å². The molecule has 0 aliphatic rings. The minimum Gasteiger partial charge on any atom is -0.490 e. The Labute approximate surface area is 134 Å². The molecule has 0 saturated heterocycles. The van der Waals surface area contributed by atoms with Gasteiger partial charge in [-0.1, -0.05) is 42.0 Å². The van der Waals surface area contributed by atoms with E-state index in [-0.39, 0.29) is 0 Å². The molecule has 0 spiro atoms. The molecule has 110 valence electrons. The van der Waals surface area contributed by atoms with Crippen LogP contribution in [0.5, 0.6) is 11.5 Å². The Morgan fingerprint density at radius 2 is 1.90 bits per heavy atom. The van der Waals surface area contributed by atoms with E-state index in [1.165, 1.54) is 0 Å². The Morgan fingerprint density at radius 3 is 2.62 bits per heavy atom. The van der Waals surface area contributed by atoms with Crippen molar-refractivity contribution in [2.24, 2.45) is 5.73 Å². The van der Waals surface area contributed by atoms with Gasteiger partial charge in [-0.05, 0) is 36.8 Å². The van der Waals surface area contributed by atoms with Crippen LogP contribution >= 0.6 is 23.8 Å². The highest BCUT2D eigenvalue weighted by Crippen LogP contribution is 2.25. The Kier molecular flexibility index (Phi) is 5.42. The molecule has 0 atom stereocenters. The zero-order valence-corrected chi connectivity index (χ0v) is 13.2. The fourth-order valence-corrected chi connectivity index (χ4v) is 2.19. The van der Waals surface area contributed by atoms with Crippen molar-refractivity contribution < 1.29 is 9.47 Å². The lowest BCUT2D eigenvalue weighted by atomic mass is 10.2. The molecular formula is C16H16ClNO2S. The molecule has 0 bridgehead atoms. The molecule has 21 heavy (non-hydrogen) atoms. The minimum absolute atomic E-state index is 0.350. The van der Waals surface area contributed by atoms with E-state index < -0.39 is 0 Å². The number of thiocarbonyl (C=S) groups is 1. The Morgan fingerprint density at radius 1 is 1.14 bits per heavy atom. The highest BCUT2D eigenvalue weighted by molar-refractivity contribution is 7.80. The molecule has 0 aromatic heterocycles. The minimum atomic E-state index is 0.350. The van der Waals surface area contributed by atoms with Crippen molar-refractivity contribution >= 4 is 28.8 Å². The predicted octanol–water partition coefficient (Wildman–Crippen LogP) is 3.74. The summed E-state index contributed by atoms with van der Waals surface area (Å²) in [6, 6.07) is 13.0. The number of benzene rings is 2. The quantitative estimate of drug-likeness (QED) is 0.650. The zero-order valence-electron chi connectivity index (χ0n) is 11.6. The third-order valence-corrected chi connectivity index (χ3v) is 3.35. The summed E-state index contributed by atoms with van der Waals surface area (Å²) in [5.74, 6) is 1.36. The van der Waals surface area contributed by atoms with E-state index in [1.54, 1.807) is 6.07 Å². The lowest BCUT2D eigenvalue weighted by Gasteiger charge is -2.10. The third kappa shape index (κ3) is 4.62. The Hall–Kier alpha value is -1.78. The Balaban J connectivity index is 1.84. The van der Waals surface area contributed by atoms with E-state index in [9.17, 15) is 0 Å². The van der Waals surface area contributed by atoms with E-state index in [1.807, 2.05) is 43.3 Å². The first-order valence-electron chi connectivity index (χ1n) is 6.48. The monoisotopic (exact) mass is 321 g/mol. The van der Waals surface area contributed by atoms with Crippen molar-refractivity contribution in [2.75, 3.05) is 13.2 Å². The molecule has 0 amide bonds. The highest BCUT2D eigenvalue weighted by atomic mass is 35.5. The largest absolute Gasteiger partial charge is 0.490 e. The van der Waals surface area contributed by atoms with E-state index in [4.69, 9.17) is 39.0 Å². The molecule has 0 saturated carbocycles. The SMILES string of the molecule is Cc1ccc(OCCOc2cccc(C(N)=S)c2)c(Cl)c1. The Bertz CT molecular complexity index is 646. The number of aryl methyl sites for hydroxylation is 1. The van der Waals surface area contributed by atoms with Gasteiger partial charge in [-0.25, -0.2) is 0 Å². The smallest absolute Gasteiger partial charge is 0.138 e. The molecular weight excluding hydrogens is 306 g/mol. The number of rotatable bonds is 6. The van der Waals surface area contributed by atoms with Crippen LogP contribution in [-0.4, -0.2) is 18.2 Å². The number of ether oxygens (including phenoxy) is 2. The van der Waals surface area contributed by atoms with Crippen molar-refractivity contribution in [3.63, 3.8) is 0 Å². The van der Waals surface area contributed by atoms with Crippen molar-refractivity contribution in [3.8, 4) is 11.5 Å².